The topological polar surface area (TPSA) is 29.3 Å². The Bertz CT molecular complexity index is 330. The third-order valence-corrected chi connectivity index (χ3v) is 2.95. The Labute approximate surface area is 89.9 Å². The summed E-state index contributed by atoms with van der Waals surface area (Å²) in [5.41, 5.74) is 6.86. The van der Waals surface area contributed by atoms with E-state index in [-0.39, 0.29) is 11.5 Å². The van der Waals surface area contributed by atoms with Gasteiger partial charge in [0.1, 0.15) is 5.82 Å². The van der Waals surface area contributed by atoms with Crippen LogP contribution in [0.1, 0.15) is 25.7 Å². The first-order chi connectivity index (χ1) is 7.27. The lowest BCUT2D eigenvalue weighted by Gasteiger charge is -2.22. The molecule has 82 valence electrons. The van der Waals surface area contributed by atoms with Gasteiger partial charge < -0.3 is 10.6 Å². The maximum atomic E-state index is 13.0. The normalized spacial score (nSPS) is 17.5. The van der Waals surface area contributed by atoms with E-state index in [0.29, 0.717) is 0 Å². The van der Waals surface area contributed by atoms with Crippen molar-refractivity contribution in [1.29, 1.82) is 0 Å². The Morgan fingerprint density at radius 3 is 2.33 bits per heavy atom. The largest absolute Gasteiger partial charge is 0.396 e. The molecule has 0 saturated carbocycles. The summed E-state index contributed by atoms with van der Waals surface area (Å²) in [5, 5.41) is 0. The summed E-state index contributed by atoms with van der Waals surface area (Å²) in [6.07, 6.45) is 5.04. The second-order valence-corrected chi connectivity index (χ2v) is 4.11. The standard InChI is InChI=1S/C12H17FN2/c13-11-6-5-10(9-12(11)14)15-7-3-1-2-4-8-15/h5-6,9H,1-4,7-8,14H2. The number of anilines is 2. The summed E-state index contributed by atoms with van der Waals surface area (Å²) < 4.78 is 13.0. The van der Waals surface area contributed by atoms with Gasteiger partial charge in [-0.15, -0.1) is 0 Å². The van der Waals surface area contributed by atoms with E-state index in [0.717, 1.165) is 18.8 Å². The fraction of sp³-hybridized carbons (Fsp3) is 0.500. The molecule has 1 aromatic carbocycles. The van der Waals surface area contributed by atoms with Crippen LogP contribution < -0.4 is 10.6 Å². The molecule has 0 bridgehead atoms. The van der Waals surface area contributed by atoms with Crippen molar-refractivity contribution in [2.75, 3.05) is 23.7 Å². The van der Waals surface area contributed by atoms with Crippen LogP contribution in [-0.2, 0) is 0 Å². The predicted molar refractivity (Wildman–Crippen MR) is 61.5 cm³/mol. The van der Waals surface area contributed by atoms with Gasteiger partial charge in [0, 0.05) is 18.8 Å². The van der Waals surface area contributed by atoms with E-state index in [2.05, 4.69) is 4.90 Å². The zero-order valence-electron chi connectivity index (χ0n) is 8.88. The number of halogens is 1. The molecular weight excluding hydrogens is 191 g/mol. The summed E-state index contributed by atoms with van der Waals surface area (Å²) in [7, 11) is 0. The Hall–Kier alpha value is -1.25. The second-order valence-electron chi connectivity index (χ2n) is 4.11. The van der Waals surface area contributed by atoms with Crippen LogP contribution in [0.5, 0.6) is 0 Å². The maximum Gasteiger partial charge on any atom is 0.146 e. The minimum Gasteiger partial charge on any atom is -0.396 e. The molecule has 1 fully saturated rings. The van der Waals surface area contributed by atoms with Gasteiger partial charge in [-0.1, -0.05) is 12.8 Å². The van der Waals surface area contributed by atoms with E-state index in [9.17, 15) is 4.39 Å². The van der Waals surface area contributed by atoms with Crippen LogP contribution in [0.4, 0.5) is 15.8 Å². The molecular formula is C12H17FN2. The highest BCUT2D eigenvalue weighted by Crippen LogP contribution is 2.23. The van der Waals surface area contributed by atoms with E-state index in [1.54, 1.807) is 6.07 Å². The molecule has 0 unspecified atom stereocenters. The quantitative estimate of drug-likeness (QED) is 0.719. The molecule has 1 aliphatic heterocycles. The molecule has 0 spiro atoms. The van der Waals surface area contributed by atoms with Crippen LogP contribution in [-0.4, -0.2) is 13.1 Å². The van der Waals surface area contributed by atoms with Crippen molar-refractivity contribution < 1.29 is 4.39 Å². The lowest BCUT2D eigenvalue weighted by atomic mass is 10.2. The van der Waals surface area contributed by atoms with E-state index >= 15 is 0 Å². The van der Waals surface area contributed by atoms with Crippen molar-refractivity contribution in [2.24, 2.45) is 0 Å². The fourth-order valence-electron chi connectivity index (χ4n) is 2.06. The molecule has 1 saturated heterocycles. The molecule has 15 heavy (non-hydrogen) atoms. The smallest absolute Gasteiger partial charge is 0.146 e. The van der Waals surface area contributed by atoms with Crippen LogP contribution in [0, 0.1) is 5.82 Å². The summed E-state index contributed by atoms with van der Waals surface area (Å²) in [6.45, 7) is 2.12. The number of hydrogen-bond donors (Lipinski definition) is 1. The molecule has 0 radical (unpaired) electrons. The number of hydrogen-bond acceptors (Lipinski definition) is 2. The van der Waals surface area contributed by atoms with Crippen molar-refractivity contribution in [1.82, 2.24) is 0 Å². The maximum absolute atomic E-state index is 13.0. The summed E-state index contributed by atoms with van der Waals surface area (Å²) >= 11 is 0. The fourth-order valence-corrected chi connectivity index (χ4v) is 2.06. The molecule has 2 N–H and O–H groups in total. The number of nitrogens with zero attached hydrogens (tertiary/aromatic N) is 1. The molecule has 1 aliphatic rings. The van der Waals surface area contributed by atoms with Crippen LogP contribution in [0.15, 0.2) is 18.2 Å². The number of benzene rings is 1. The van der Waals surface area contributed by atoms with Gasteiger partial charge in [-0.25, -0.2) is 4.39 Å². The van der Waals surface area contributed by atoms with Gasteiger partial charge in [0.05, 0.1) is 5.69 Å². The molecule has 1 aromatic rings. The minimum absolute atomic E-state index is 0.247. The van der Waals surface area contributed by atoms with Crippen molar-refractivity contribution in [3.8, 4) is 0 Å². The van der Waals surface area contributed by atoms with Crippen molar-refractivity contribution in [3.63, 3.8) is 0 Å². The first kappa shape index (κ1) is 10.3. The zero-order valence-corrected chi connectivity index (χ0v) is 8.88. The van der Waals surface area contributed by atoms with Crippen LogP contribution in [0.25, 0.3) is 0 Å². The summed E-state index contributed by atoms with van der Waals surface area (Å²) in [4.78, 5) is 2.29. The molecule has 1 heterocycles. The molecule has 2 nitrogen and oxygen atoms in total. The lowest BCUT2D eigenvalue weighted by Crippen LogP contribution is -2.23. The van der Waals surface area contributed by atoms with E-state index < -0.39 is 0 Å². The highest BCUT2D eigenvalue weighted by Gasteiger charge is 2.10. The Morgan fingerprint density at radius 1 is 1.07 bits per heavy atom. The van der Waals surface area contributed by atoms with E-state index in [1.165, 1.54) is 31.7 Å². The Balaban J connectivity index is 2.16. The Morgan fingerprint density at radius 2 is 1.73 bits per heavy atom. The first-order valence-corrected chi connectivity index (χ1v) is 5.57. The lowest BCUT2D eigenvalue weighted by molar-refractivity contribution is 0.632. The SMILES string of the molecule is Nc1cc(N2CCCCCC2)ccc1F. The number of nitrogen functional groups attached to an aromatic ring is 1. The summed E-state index contributed by atoms with van der Waals surface area (Å²) in [6, 6.07) is 5.01. The molecule has 0 atom stereocenters. The van der Waals surface area contributed by atoms with Crippen LogP contribution in [0.3, 0.4) is 0 Å². The van der Waals surface area contributed by atoms with Crippen LogP contribution >= 0.6 is 0 Å². The van der Waals surface area contributed by atoms with Gasteiger partial charge in [0.15, 0.2) is 0 Å². The average Bonchev–Trinajstić information content (AvgIpc) is 2.50. The third kappa shape index (κ3) is 2.41. The van der Waals surface area contributed by atoms with Crippen LogP contribution in [0.2, 0.25) is 0 Å². The molecule has 0 aromatic heterocycles. The molecule has 2 rings (SSSR count). The van der Waals surface area contributed by atoms with Crippen molar-refractivity contribution in [3.05, 3.63) is 24.0 Å². The molecule has 0 aliphatic carbocycles. The molecule has 0 amide bonds. The zero-order chi connectivity index (χ0) is 10.7. The van der Waals surface area contributed by atoms with E-state index in [1.807, 2.05) is 6.07 Å². The first-order valence-electron chi connectivity index (χ1n) is 5.57. The van der Waals surface area contributed by atoms with E-state index in [4.69, 9.17) is 5.73 Å². The summed E-state index contributed by atoms with van der Waals surface area (Å²) in [5.74, 6) is -0.325. The predicted octanol–water partition coefficient (Wildman–Crippen LogP) is 2.79. The monoisotopic (exact) mass is 208 g/mol. The number of rotatable bonds is 1. The molecule has 3 heteroatoms. The Kier molecular flexibility index (Phi) is 3.09. The second kappa shape index (κ2) is 4.51. The van der Waals surface area contributed by atoms with Gasteiger partial charge in [-0.3, -0.25) is 0 Å². The highest BCUT2D eigenvalue weighted by atomic mass is 19.1. The highest BCUT2D eigenvalue weighted by molar-refractivity contribution is 5.56. The van der Waals surface area contributed by atoms with Crippen molar-refractivity contribution in [2.45, 2.75) is 25.7 Å². The van der Waals surface area contributed by atoms with Gasteiger partial charge in [0.2, 0.25) is 0 Å². The minimum atomic E-state index is -0.325. The van der Waals surface area contributed by atoms with Crippen molar-refractivity contribution >= 4 is 11.4 Å². The average molecular weight is 208 g/mol. The van der Waals surface area contributed by atoms with Gasteiger partial charge in [-0.05, 0) is 31.0 Å². The van der Waals surface area contributed by atoms with Gasteiger partial charge in [0.25, 0.3) is 0 Å². The number of nitrogens with two attached hydrogens (primary N) is 1. The third-order valence-electron chi connectivity index (χ3n) is 2.95. The van der Waals surface area contributed by atoms with Gasteiger partial charge >= 0.3 is 0 Å². The van der Waals surface area contributed by atoms with Gasteiger partial charge in [-0.2, -0.15) is 0 Å².